The number of rotatable bonds is 6. The van der Waals surface area contributed by atoms with E-state index in [1.54, 1.807) is 6.20 Å². The fourth-order valence-corrected chi connectivity index (χ4v) is 6.16. The minimum Gasteiger partial charge on any atom is -0.385 e. The molecule has 3 aromatic rings. The number of nitrogens with zero attached hydrogens (tertiary/aromatic N) is 3. The Labute approximate surface area is 207 Å². The van der Waals surface area contributed by atoms with Crippen LogP contribution in [-0.2, 0) is 16.8 Å². The van der Waals surface area contributed by atoms with Crippen molar-refractivity contribution in [3.05, 3.63) is 71.4 Å². The lowest BCUT2D eigenvalue weighted by molar-refractivity contribution is -0.0891. The van der Waals surface area contributed by atoms with Crippen LogP contribution < -0.4 is 4.90 Å². The minimum absolute atomic E-state index is 0.110. The van der Waals surface area contributed by atoms with E-state index < -0.39 is 11.8 Å². The van der Waals surface area contributed by atoms with E-state index in [0.717, 1.165) is 42.4 Å². The van der Waals surface area contributed by atoms with Crippen LogP contribution in [0.4, 0.5) is 5.69 Å². The van der Waals surface area contributed by atoms with Gasteiger partial charge in [-0.05, 0) is 49.8 Å². The van der Waals surface area contributed by atoms with E-state index in [4.69, 9.17) is 4.74 Å². The zero-order valence-corrected chi connectivity index (χ0v) is 20.3. The predicted molar refractivity (Wildman–Crippen MR) is 137 cm³/mol. The molecule has 35 heavy (non-hydrogen) atoms. The van der Waals surface area contributed by atoms with Gasteiger partial charge in [-0.3, -0.25) is 9.88 Å². The van der Waals surface area contributed by atoms with Gasteiger partial charge in [-0.1, -0.05) is 36.4 Å². The van der Waals surface area contributed by atoms with Gasteiger partial charge in [-0.25, -0.2) is 0 Å². The SMILES string of the molecule is O[C@@H](CCO[C@H]1CCN2CCCc3cccc1c32)N1CCC(O)(c2cnc3ccccc3c2)CC1. The Morgan fingerprint density at radius 2 is 1.91 bits per heavy atom. The van der Waals surface area contributed by atoms with Gasteiger partial charge in [0.15, 0.2) is 0 Å². The number of hydrogen-bond donors (Lipinski definition) is 2. The highest BCUT2D eigenvalue weighted by molar-refractivity contribution is 5.79. The second-order valence-electron chi connectivity index (χ2n) is 10.3. The molecule has 6 rings (SSSR count). The molecule has 1 fully saturated rings. The van der Waals surface area contributed by atoms with E-state index >= 15 is 0 Å². The van der Waals surface area contributed by atoms with Crippen LogP contribution in [0.3, 0.4) is 0 Å². The average Bonchev–Trinajstić information content (AvgIpc) is 2.90. The van der Waals surface area contributed by atoms with E-state index in [9.17, 15) is 10.2 Å². The lowest BCUT2D eigenvalue weighted by atomic mass is 9.84. The Kier molecular flexibility index (Phi) is 6.23. The van der Waals surface area contributed by atoms with Gasteiger partial charge in [0.1, 0.15) is 6.23 Å². The number of para-hydroxylation sites is 2. The fourth-order valence-electron chi connectivity index (χ4n) is 6.16. The third kappa shape index (κ3) is 4.45. The van der Waals surface area contributed by atoms with Crippen molar-refractivity contribution in [3.63, 3.8) is 0 Å². The summed E-state index contributed by atoms with van der Waals surface area (Å²) in [6, 6.07) is 16.7. The highest BCUT2D eigenvalue weighted by Gasteiger charge is 2.36. The van der Waals surface area contributed by atoms with Crippen LogP contribution in [0, 0.1) is 0 Å². The van der Waals surface area contributed by atoms with Crippen molar-refractivity contribution in [1.29, 1.82) is 0 Å². The first-order chi connectivity index (χ1) is 17.1. The van der Waals surface area contributed by atoms with Gasteiger partial charge in [0, 0.05) is 61.0 Å². The van der Waals surface area contributed by atoms with E-state index in [2.05, 4.69) is 39.0 Å². The number of hydrogen-bond acceptors (Lipinski definition) is 6. The van der Waals surface area contributed by atoms with Gasteiger partial charge in [0.2, 0.25) is 0 Å². The summed E-state index contributed by atoms with van der Waals surface area (Å²) in [6.07, 6.45) is 6.49. The van der Waals surface area contributed by atoms with Crippen LogP contribution in [0.25, 0.3) is 10.9 Å². The number of likely N-dealkylation sites (tertiary alicyclic amines) is 1. The molecular weight excluding hydrogens is 438 g/mol. The molecule has 0 radical (unpaired) electrons. The maximum Gasteiger partial charge on any atom is 0.109 e. The molecule has 2 aromatic carbocycles. The van der Waals surface area contributed by atoms with Crippen molar-refractivity contribution >= 4 is 16.6 Å². The van der Waals surface area contributed by atoms with Gasteiger partial charge in [-0.15, -0.1) is 0 Å². The Morgan fingerprint density at radius 1 is 1.06 bits per heavy atom. The molecule has 0 unspecified atom stereocenters. The third-order valence-corrected chi connectivity index (χ3v) is 8.22. The van der Waals surface area contributed by atoms with Gasteiger partial charge in [0.25, 0.3) is 0 Å². The molecule has 0 spiro atoms. The van der Waals surface area contributed by atoms with Crippen molar-refractivity contribution in [1.82, 2.24) is 9.88 Å². The summed E-state index contributed by atoms with van der Waals surface area (Å²) in [5, 5.41) is 23.2. The van der Waals surface area contributed by atoms with E-state index in [0.29, 0.717) is 39.0 Å². The monoisotopic (exact) mass is 473 g/mol. The number of aliphatic hydroxyl groups excluding tert-OH is 1. The molecule has 6 nitrogen and oxygen atoms in total. The molecular formula is C29H35N3O3. The van der Waals surface area contributed by atoms with Crippen LogP contribution in [-0.4, -0.2) is 59.1 Å². The number of aliphatic hydroxyl groups is 2. The highest BCUT2D eigenvalue weighted by atomic mass is 16.5. The van der Waals surface area contributed by atoms with Crippen LogP contribution >= 0.6 is 0 Å². The summed E-state index contributed by atoms with van der Waals surface area (Å²) >= 11 is 0. The van der Waals surface area contributed by atoms with E-state index in [1.165, 1.54) is 23.2 Å². The van der Waals surface area contributed by atoms with Crippen molar-refractivity contribution in [3.8, 4) is 0 Å². The average molecular weight is 474 g/mol. The van der Waals surface area contributed by atoms with Crippen LogP contribution in [0.5, 0.6) is 0 Å². The molecule has 4 heterocycles. The highest BCUT2D eigenvalue weighted by Crippen LogP contribution is 2.41. The minimum atomic E-state index is -0.899. The number of benzene rings is 2. The van der Waals surface area contributed by atoms with Crippen molar-refractivity contribution in [2.45, 2.75) is 56.5 Å². The van der Waals surface area contributed by atoms with Crippen molar-refractivity contribution in [2.75, 3.05) is 37.7 Å². The third-order valence-electron chi connectivity index (χ3n) is 8.22. The normalized spacial score (nSPS) is 22.7. The molecule has 184 valence electrons. The molecule has 2 N–H and O–H groups in total. The maximum atomic E-state index is 11.3. The number of anilines is 1. The number of aromatic nitrogens is 1. The van der Waals surface area contributed by atoms with Gasteiger partial charge in [-0.2, -0.15) is 0 Å². The number of ether oxygens (including phenoxy) is 1. The summed E-state index contributed by atoms with van der Waals surface area (Å²) in [7, 11) is 0. The Morgan fingerprint density at radius 3 is 2.80 bits per heavy atom. The van der Waals surface area contributed by atoms with Crippen LogP contribution in [0.15, 0.2) is 54.7 Å². The first-order valence-corrected chi connectivity index (χ1v) is 13.1. The maximum absolute atomic E-state index is 11.3. The molecule has 3 aliphatic rings. The van der Waals surface area contributed by atoms with Crippen LogP contribution in [0.2, 0.25) is 0 Å². The standard InChI is InChI=1S/C29H35N3O3/c33-27(11-18-35-26-10-15-32-14-4-7-21-6-3-8-24(26)28(21)32)31-16-12-29(34,13-17-31)23-19-22-5-1-2-9-25(22)30-20-23/h1-3,5-6,8-9,19-20,26-27,33-34H,4,7,10-18H2/t26-,27-/m0/s1. The zero-order chi connectivity index (χ0) is 23.8. The van der Waals surface area contributed by atoms with E-state index in [-0.39, 0.29) is 6.10 Å². The lowest BCUT2D eigenvalue weighted by Gasteiger charge is -2.41. The molecule has 0 saturated carbocycles. The molecule has 2 atom stereocenters. The Bertz CT molecular complexity index is 1190. The second-order valence-corrected chi connectivity index (χ2v) is 10.3. The van der Waals surface area contributed by atoms with Crippen LogP contribution in [0.1, 0.15) is 54.9 Å². The topological polar surface area (TPSA) is 69.1 Å². The summed E-state index contributed by atoms with van der Waals surface area (Å²) in [6.45, 7) is 4.02. The predicted octanol–water partition coefficient (Wildman–Crippen LogP) is 4.14. The largest absolute Gasteiger partial charge is 0.385 e. The molecule has 3 aliphatic heterocycles. The number of pyridine rings is 1. The van der Waals surface area contributed by atoms with E-state index in [1.807, 2.05) is 24.3 Å². The van der Waals surface area contributed by atoms with Crippen molar-refractivity contribution < 1.29 is 14.9 Å². The fraction of sp³-hybridized carbons (Fsp3) is 0.483. The molecule has 1 aromatic heterocycles. The van der Waals surface area contributed by atoms with Crippen molar-refractivity contribution in [2.24, 2.45) is 0 Å². The number of fused-ring (bicyclic) bond motifs is 1. The van der Waals surface area contributed by atoms with Gasteiger partial charge >= 0.3 is 0 Å². The molecule has 0 bridgehead atoms. The zero-order valence-electron chi connectivity index (χ0n) is 20.3. The quantitative estimate of drug-likeness (QED) is 0.561. The summed E-state index contributed by atoms with van der Waals surface area (Å²) < 4.78 is 6.32. The molecule has 1 saturated heterocycles. The summed E-state index contributed by atoms with van der Waals surface area (Å²) in [5.41, 5.74) is 5.07. The van der Waals surface area contributed by atoms with Gasteiger partial charge < -0.3 is 19.8 Å². The lowest BCUT2D eigenvalue weighted by Crippen LogP contribution is -2.47. The smallest absolute Gasteiger partial charge is 0.109 e. The summed E-state index contributed by atoms with van der Waals surface area (Å²) in [5.74, 6) is 0. The molecule has 0 amide bonds. The number of piperidine rings is 1. The number of aryl methyl sites for hydroxylation is 1. The Balaban J connectivity index is 1.03. The Hall–Kier alpha value is -2.51. The summed E-state index contributed by atoms with van der Waals surface area (Å²) in [4.78, 5) is 9.12. The molecule has 6 heteroatoms. The second kappa shape index (κ2) is 9.51. The molecule has 0 aliphatic carbocycles. The first-order valence-electron chi connectivity index (χ1n) is 13.1. The first kappa shape index (κ1) is 22.9. The van der Waals surface area contributed by atoms with Gasteiger partial charge in [0.05, 0.1) is 23.8 Å².